The number of carbonyl (C=O) groups is 1. The second-order valence-electron chi connectivity index (χ2n) is 8.72. The van der Waals surface area contributed by atoms with E-state index in [1.54, 1.807) is 0 Å². The number of hydrogen-bond donors (Lipinski definition) is 0. The van der Waals surface area contributed by atoms with Crippen molar-refractivity contribution >= 4 is 6.09 Å². The van der Waals surface area contributed by atoms with E-state index >= 15 is 0 Å². The van der Waals surface area contributed by atoms with Crippen LogP contribution in [0.5, 0.6) is 0 Å². The lowest BCUT2D eigenvalue weighted by atomic mass is 9.64. The molecule has 0 aromatic carbocycles. The molecule has 3 heterocycles. The van der Waals surface area contributed by atoms with E-state index in [4.69, 9.17) is 9.47 Å². The fourth-order valence-corrected chi connectivity index (χ4v) is 5.65. The Morgan fingerprint density at radius 2 is 1.88 bits per heavy atom. The summed E-state index contributed by atoms with van der Waals surface area (Å²) in [5.74, 6) is 0. The highest BCUT2D eigenvalue weighted by Gasteiger charge is 2.51. The van der Waals surface area contributed by atoms with Gasteiger partial charge in [0, 0.05) is 25.2 Å². The van der Waals surface area contributed by atoms with Gasteiger partial charge in [0.1, 0.15) is 0 Å². The third-order valence-electron chi connectivity index (χ3n) is 7.24. The van der Waals surface area contributed by atoms with Crippen molar-refractivity contribution < 1.29 is 14.3 Å². The van der Waals surface area contributed by atoms with Crippen molar-refractivity contribution in [1.29, 1.82) is 0 Å². The average Bonchev–Trinajstić information content (AvgIpc) is 3.03. The molecule has 1 spiro atoms. The van der Waals surface area contributed by atoms with Crippen LogP contribution < -0.4 is 0 Å². The minimum atomic E-state index is -0.117. The molecule has 0 aromatic heterocycles. The van der Waals surface area contributed by atoms with E-state index in [1.165, 1.54) is 38.8 Å². The van der Waals surface area contributed by atoms with Gasteiger partial charge in [-0.1, -0.05) is 6.92 Å². The van der Waals surface area contributed by atoms with Crippen molar-refractivity contribution in [1.82, 2.24) is 14.7 Å². The number of likely N-dealkylation sites (N-methyl/N-ethyl adjacent to an activating group) is 1. The molecule has 4 aliphatic rings. The Bertz CT molecular complexity index is 497. The standard InChI is InChI=1S/C20H35N3O3/c1-3-23(18-13-25-14-18)16-5-8-21(9-6-16)17-11-20(12-17)7-10-22(15-20)19(24)26-4-2/h16-18H,3-15H2,1-2H3. The van der Waals surface area contributed by atoms with Gasteiger partial charge in [-0.2, -0.15) is 0 Å². The SMILES string of the molecule is CCOC(=O)N1CCC2(CC(N3CCC(N(CC)C4COC4)CC3)C2)C1. The Labute approximate surface area is 157 Å². The summed E-state index contributed by atoms with van der Waals surface area (Å²) in [5.41, 5.74) is 0.382. The summed E-state index contributed by atoms with van der Waals surface area (Å²) in [7, 11) is 0. The predicted molar refractivity (Wildman–Crippen MR) is 100 cm³/mol. The van der Waals surface area contributed by atoms with Gasteiger partial charge in [-0.3, -0.25) is 4.90 Å². The number of carbonyl (C=O) groups excluding carboxylic acids is 1. The summed E-state index contributed by atoms with van der Waals surface area (Å²) in [4.78, 5) is 19.3. The molecule has 1 amide bonds. The summed E-state index contributed by atoms with van der Waals surface area (Å²) in [5, 5.41) is 0. The predicted octanol–water partition coefficient (Wildman–Crippen LogP) is 2.18. The lowest BCUT2D eigenvalue weighted by Gasteiger charge is -2.53. The summed E-state index contributed by atoms with van der Waals surface area (Å²) < 4.78 is 10.6. The fourth-order valence-electron chi connectivity index (χ4n) is 5.65. The van der Waals surface area contributed by atoms with Crippen LogP contribution in [-0.4, -0.2) is 91.5 Å². The van der Waals surface area contributed by atoms with Crippen LogP contribution in [0.25, 0.3) is 0 Å². The Balaban J connectivity index is 1.22. The maximum Gasteiger partial charge on any atom is 0.409 e. The zero-order valence-corrected chi connectivity index (χ0v) is 16.5. The van der Waals surface area contributed by atoms with Gasteiger partial charge in [0.25, 0.3) is 0 Å². The van der Waals surface area contributed by atoms with Gasteiger partial charge in [0.15, 0.2) is 0 Å². The minimum absolute atomic E-state index is 0.117. The van der Waals surface area contributed by atoms with E-state index in [1.807, 2.05) is 11.8 Å². The smallest absolute Gasteiger partial charge is 0.409 e. The number of ether oxygens (including phenoxy) is 2. The highest BCUT2D eigenvalue weighted by atomic mass is 16.6. The normalized spacial score (nSPS) is 33.5. The van der Waals surface area contributed by atoms with Crippen molar-refractivity contribution in [3.63, 3.8) is 0 Å². The summed E-state index contributed by atoms with van der Waals surface area (Å²) in [6.45, 7) is 11.9. The van der Waals surface area contributed by atoms with Crippen molar-refractivity contribution in [2.75, 3.05) is 52.5 Å². The van der Waals surface area contributed by atoms with E-state index in [0.29, 0.717) is 18.1 Å². The molecule has 3 saturated heterocycles. The minimum Gasteiger partial charge on any atom is -0.450 e. The monoisotopic (exact) mass is 365 g/mol. The first-order valence-corrected chi connectivity index (χ1v) is 10.6. The second-order valence-corrected chi connectivity index (χ2v) is 8.72. The van der Waals surface area contributed by atoms with Crippen LogP contribution >= 0.6 is 0 Å². The Morgan fingerprint density at radius 1 is 1.15 bits per heavy atom. The van der Waals surface area contributed by atoms with Crippen LogP contribution in [-0.2, 0) is 9.47 Å². The lowest BCUT2D eigenvalue weighted by molar-refractivity contribution is -0.0902. The first-order chi connectivity index (χ1) is 12.6. The molecule has 26 heavy (non-hydrogen) atoms. The maximum absolute atomic E-state index is 11.9. The first-order valence-electron chi connectivity index (χ1n) is 10.6. The number of amides is 1. The molecule has 0 atom stereocenters. The molecule has 0 N–H and O–H groups in total. The molecule has 6 heteroatoms. The Morgan fingerprint density at radius 3 is 2.46 bits per heavy atom. The van der Waals surface area contributed by atoms with Crippen LogP contribution in [0, 0.1) is 5.41 Å². The molecular formula is C20H35N3O3. The molecule has 0 unspecified atom stereocenters. The van der Waals surface area contributed by atoms with Gasteiger partial charge in [-0.25, -0.2) is 4.79 Å². The van der Waals surface area contributed by atoms with Crippen LogP contribution in [0.4, 0.5) is 4.79 Å². The lowest BCUT2D eigenvalue weighted by Crippen LogP contribution is -2.59. The highest BCUT2D eigenvalue weighted by Crippen LogP contribution is 2.50. The Kier molecular flexibility index (Phi) is 5.44. The molecule has 1 aliphatic carbocycles. The van der Waals surface area contributed by atoms with E-state index in [9.17, 15) is 4.79 Å². The number of rotatable bonds is 5. The number of piperidine rings is 1. The van der Waals surface area contributed by atoms with E-state index in [2.05, 4.69) is 16.7 Å². The zero-order chi connectivity index (χ0) is 18.1. The highest BCUT2D eigenvalue weighted by molar-refractivity contribution is 5.68. The van der Waals surface area contributed by atoms with Gasteiger partial charge in [0.2, 0.25) is 0 Å². The molecule has 1 saturated carbocycles. The third kappa shape index (κ3) is 3.48. The van der Waals surface area contributed by atoms with Gasteiger partial charge < -0.3 is 19.3 Å². The van der Waals surface area contributed by atoms with Gasteiger partial charge in [-0.05, 0) is 64.1 Å². The molecule has 0 aromatic rings. The fraction of sp³-hybridized carbons (Fsp3) is 0.950. The number of nitrogens with zero attached hydrogens (tertiary/aromatic N) is 3. The van der Waals surface area contributed by atoms with E-state index in [0.717, 1.165) is 51.4 Å². The first kappa shape index (κ1) is 18.5. The molecule has 0 radical (unpaired) electrons. The van der Waals surface area contributed by atoms with Crippen LogP contribution in [0.1, 0.15) is 46.0 Å². The second kappa shape index (κ2) is 7.64. The summed E-state index contributed by atoms with van der Waals surface area (Å²) in [6.07, 6.45) is 6.16. The van der Waals surface area contributed by atoms with Gasteiger partial charge >= 0.3 is 6.09 Å². The molecule has 0 bridgehead atoms. The number of likely N-dealkylation sites (tertiary alicyclic amines) is 2. The third-order valence-corrected chi connectivity index (χ3v) is 7.24. The van der Waals surface area contributed by atoms with Crippen molar-refractivity contribution in [3.05, 3.63) is 0 Å². The summed E-state index contributed by atoms with van der Waals surface area (Å²) in [6, 6.07) is 2.14. The molecule has 148 valence electrons. The van der Waals surface area contributed by atoms with Crippen LogP contribution in [0.3, 0.4) is 0 Å². The zero-order valence-electron chi connectivity index (χ0n) is 16.5. The molecule has 3 aliphatic heterocycles. The van der Waals surface area contributed by atoms with Crippen LogP contribution in [0.15, 0.2) is 0 Å². The van der Waals surface area contributed by atoms with Crippen molar-refractivity contribution in [2.45, 2.75) is 64.1 Å². The average molecular weight is 366 g/mol. The molecule has 6 nitrogen and oxygen atoms in total. The number of hydrogen-bond acceptors (Lipinski definition) is 5. The van der Waals surface area contributed by atoms with Crippen molar-refractivity contribution in [3.8, 4) is 0 Å². The quantitative estimate of drug-likeness (QED) is 0.747. The largest absolute Gasteiger partial charge is 0.450 e. The molecular weight excluding hydrogens is 330 g/mol. The molecule has 4 rings (SSSR count). The van der Waals surface area contributed by atoms with Gasteiger partial charge in [0.05, 0.1) is 25.9 Å². The molecule has 4 fully saturated rings. The van der Waals surface area contributed by atoms with E-state index in [-0.39, 0.29) is 6.09 Å². The maximum atomic E-state index is 11.9. The van der Waals surface area contributed by atoms with E-state index < -0.39 is 0 Å². The van der Waals surface area contributed by atoms with Gasteiger partial charge in [-0.15, -0.1) is 0 Å². The summed E-state index contributed by atoms with van der Waals surface area (Å²) >= 11 is 0. The van der Waals surface area contributed by atoms with Crippen LogP contribution in [0.2, 0.25) is 0 Å². The van der Waals surface area contributed by atoms with Crippen molar-refractivity contribution in [2.24, 2.45) is 5.41 Å². The Hall–Kier alpha value is -0.850. The topological polar surface area (TPSA) is 45.2 Å².